The average Bonchev–Trinajstić information content (AvgIpc) is 2.74. The van der Waals surface area contributed by atoms with Gasteiger partial charge in [-0.05, 0) is 31.2 Å². The van der Waals surface area contributed by atoms with Crippen LogP contribution < -0.4 is 9.47 Å². The number of hydrogen-bond acceptors (Lipinski definition) is 6. The Hall–Kier alpha value is -3.54. The number of carbonyl (C=O) groups is 2. The van der Waals surface area contributed by atoms with E-state index in [1.54, 1.807) is 26.0 Å². The highest BCUT2D eigenvalue weighted by atomic mass is 16.7. The number of para-hydroxylation sites is 2. The molecule has 0 spiro atoms. The first kappa shape index (κ1) is 24.5. The normalized spacial score (nSPS) is 11.6. The van der Waals surface area contributed by atoms with Gasteiger partial charge in [-0.25, -0.2) is 9.59 Å². The highest BCUT2D eigenvalue weighted by Crippen LogP contribution is 2.13. The predicted octanol–water partition coefficient (Wildman–Crippen LogP) is 5.06. The molecule has 2 atom stereocenters. The van der Waals surface area contributed by atoms with Crippen LogP contribution in [0.25, 0.3) is 0 Å². The van der Waals surface area contributed by atoms with Crippen LogP contribution in [0, 0.1) is 0 Å². The van der Waals surface area contributed by atoms with Crippen LogP contribution in [0.5, 0.6) is 11.5 Å². The van der Waals surface area contributed by atoms with Gasteiger partial charge in [0.25, 0.3) is 0 Å². The van der Waals surface area contributed by atoms with Crippen molar-refractivity contribution in [2.45, 2.75) is 39.8 Å². The second-order valence-electron chi connectivity index (χ2n) is 6.09. The van der Waals surface area contributed by atoms with Crippen LogP contribution >= 0.6 is 0 Å². The number of ether oxygens (including phenoxy) is 4. The van der Waals surface area contributed by atoms with Gasteiger partial charge in [-0.15, -0.1) is 0 Å². The van der Waals surface area contributed by atoms with E-state index in [1.807, 2.05) is 55.5 Å². The van der Waals surface area contributed by atoms with Crippen LogP contribution in [0.3, 0.4) is 0 Å². The van der Waals surface area contributed by atoms with Gasteiger partial charge in [0.05, 0.1) is 0 Å². The Morgan fingerprint density at radius 2 is 1.43 bits per heavy atom. The molecule has 0 saturated heterocycles. The summed E-state index contributed by atoms with van der Waals surface area (Å²) >= 11 is 0. The molecule has 0 amide bonds. The fraction of sp³-hybridized carbons (Fsp3) is 0.250. The Labute approximate surface area is 177 Å². The third-order valence-electron chi connectivity index (χ3n) is 3.43. The van der Waals surface area contributed by atoms with Crippen molar-refractivity contribution >= 4 is 11.9 Å². The Morgan fingerprint density at radius 1 is 0.933 bits per heavy atom. The summed E-state index contributed by atoms with van der Waals surface area (Å²) in [5.74, 6) is 0.428. The quantitative estimate of drug-likeness (QED) is 0.326. The van der Waals surface area contributed by atoms with E-state index in [0.29, 0.717) is 23.5 Å². The smallest absolute Gasteiger partial charge is 0.336 e. The summed E-state index contributed by atoms with van der Waals surface area (Å²) in [6, 6.07) is 18.4. The van der Waals surface area contributed by atoms with Gasteiger partial charge in [-0.2, -0.15) is 0 Å². The molecule has 2 aromatic rings. The van der Waals surface area contributed by atoms with Crippen molar-refractivity contribution in [2.75, 3.05) is 0 Å². The highest BCUT2D eigenvalue weighted by molar-refractivity contribution is 5.87. The molecule has 6 heteroatoms. The van der Waals surface area contributed by atoms with Crippen molar-refractivity contribution in [1.29, 1.82) is 0 Å². The van der Waals surface area contributed by atoms with Crippen molar-refractivity contribution in [3.05, 3.63) is 85.5 Å². The number of hydrogen-bond donors (Lipinski definition) is 0. The maximum Gasteiger partial charge on any atom is 0.336 e. The van der Waals surface area contributed by atoms with Crippen LogP contribution in [0.4, 0.5) is 0 Å². The summed E-state index contributed by atoms with van der Waals surface area (Å²) in [5.41, 5.74) is 0.360. The average molecular weight is 412 g/mol. The summed E-state index contributed by atoms with van der Waals surface area (Å²) in [6.45, 7) is 11.9. The van der Waals surface area contributed by atoms with Gasteiger partial charge >= 0.3 is 11.9 Å². The molecule has 160 valence electrons. The number of rotatable bonds is 9. The fourth-order valence-corrected chi connectivity index (χ4v) is 1.99. The zero-order valence-corrected chi connectivity index (χ0v) is 17.6. The minimum atomic E-state index is -0.614. The lowest BCUT2D eigenvalue weighted by atomic mass is 10.3. The molecule has 0 radical (unpaired) electrons. The molecule has 0 aliphatic heterocycles. The SMILES string of the molecule is C=C(C)C(=O)OC(C)Oc1ccccc1.C=CC(=O)OC(CC)Oc1ccccc1. The predicted molar refractivity (Wildman–Crippen MR) is 115 cm³/mol. The van der Waals surface area contributed by atoms with E-state index < -0.39 is 24.5 Å². The van der Waals surface area contributed by atoms with E-state index in [1.165, 1.54) is 0 Å². The van der Waals surface area contributed by atoms with Gasteiger partial charge < -0.3 is 18.9 Å². The third-order valence-corrected chi connectivity index (χ3v) is 3.43. The molecule has 0 aliphatic carbocycles. The minimum Gasteiger partial charge on any atom is -0.455 e. The lowest BCUT2D eigenvalue weighted by Crippen LogP contribution is -2.22. The first-order valence-electron chi connectivity index (χ1n) is 9.48. The molecule has 30 heavy (non-hydrogen) atoms. The summed E-state index contributed by atoms with van der Waals surface area (Å²) < 4.78 is 20.7. The number of carbonyl (C=O) groups excluding carboxylic acids is 2. The Bertz CT molecular complexity index is 801. The Kier molecular flexibility index (Phi) is 11.1. The molecule has 2 rings (SSSR count). The summed E-state index contributed by atoms with van der Waals surface area (Å²) in [7, 11) is 0. The molecular weight excluding hydrogens is 384 g/mol. The van der Waals surface area contributed by atoms with Crippen molar-refractivity contribution in [2.24, 2.45) is 0 Å². The van der Waals surface area contributed by atoms with Crippen molar-refractivity contribution in [3.63, 3.8) is 0 Å². The van der Waals surface area contributed by atoms with Crippen LogP contribution in [0.15, 0.2) is 85.5 Å². The zero-order chi connectivity index (χ0) is 22.4. The Morgan fingerprint density at radius 3 is 1.87 bits per heavy atom. The molecule has 2 aromatic carbocycles. The van der Waals surface area contributed by atoms with E-state index in [0.717, 1.165) is 6.08 Å². The number of benzene rings is 2. The van der Waals surface area contributed by atoms with Gasteiger partial charge in [-0.1, -0.05) is 56.5 Å². The van der Waals surface area contributed by atoms with E-state index in [2.05, 4.69) is 13.2 Å². The lowest BCUT2D eigenvalue weighted by Gasteiger charge is -2.16. The summed E-state index contributed by atoms with van der Waals surface area (Å²) in [6.07, 6.45) is 0.542. The minimum absolute atomic E-state index is 0.360. The van der Waals surface area contributed by atoms with Crippen LogP contribution in [-0.4, -0.2) is 24.5 Å². The van der Waals surface area contributed by atoms with E-state index in [4.69, 9.17) is 18.9 Å². The molecule has 0 bridgehead atoms. The molecule has 2 unspecified atom stereocenters. The molecule has 0 saturated carbocycles. The van der Waals surface area contributed by atoms with Gasteiger partial charge in [0, 0.05) is 25.0 Å². The van der Waals surface area contributed by atoms with Gasteiger partial charge in [0.1, 0.15) is 11.5 Å². The summed E-state index contributed by atoms with van der Waals surface area (Å²) in [4.78, 5) is 22.1. The second-order valence-corrected chi connectivity index (χ2v) is 6.09. The topological polar surface area (TPSA) is 71.1 Å². The molecular formula is C24H28O6. The monoisotopic (exact) mass is 412 g/mol. The maximum absolute atomic E-state index is 11.1. The molecule has 0 fully saturated rings. The van der Waals surface area contributed by atoms with E-state index in [9.17, 15) is 9.59 Å². The first-order chi connectivity index (χ1) is 14.3. The van der Waals surface area contributed by atoms with Crippen LogP contribution in [0.1, 0.15) is 27.2 Å². The highest BCUT2D eigenvalue weighted by Gasteiger charge is 2.11. The van der Waals surface area contributed by atoms with Gasteiger partial charge in [-0.3, -0.25) is 0 Å². The molecule has 0 aromatic heterocycles. The first-order valence-corrected chi connectivity index (χ1v) is 9.48. The zero-order valence-electron chi connectivity index (χ0n) is 17.6. The van der Waals surface area contributed by atoms with E-state index in [-0.39, 0.29) is 0 Å². The standard InChI is InChI=1S/2C12H14O3/c1-9(2)12(13)15-10(3)14-11-7-5-4-6-8-11;1-3-11(13)15-12(4-2)14-10-8-6-5-7-9-10/h4-8,10H,1H2,2-3H3;3,5-9,12H,1,4H2,2H3. The van der Waals surface area contributed by atoms with Crippen molar-refractivity contribution in [1.82, 2.24) is 0 Å². The molecule has 0 aliphatic rings. The Balaban J connectivity index is 0.000000300. The third kappa shape index (κ3) is 10.1. The van der Waals surface area contributed by atoms with Gasteiger partial charge in [0.2, 0.25) is 12.6 Å². The lowest BCUT2D eigenvalue weighted by molar-refractivity contribution is -0.158. The van der Waals surface area contributed by atoms with Gasteiger partial charge in [0.15, 0.2) is 0 Å². The van der Waals surface area contributed by atoms with Crippen molar-refractivity contribution in [3.8, 4) is 11.5 Å². The van der Waals surface area contributed by atoms with Crippen LogP contribution in [-0.2, 0) is 19.1 Å². The molecule has 0 heterocycles. The fourth-order valence-electron chi connectivity index (χ4n) is 1.99. The van der Waals surface area contributed by atoms with Crippen LogP contribution in [0.2, 0.25) is 0 Å². The largest absolute Gasteiger partial charge is 0.455 e. The molecule has 6 nitrogen and oxygen atoms in total. The number of esters is 2. The summed E-state index contributed by atoms with van der Waals surface area (Å²) in [5, 5.41) is 0. The van der Waals surface area contributed by atoms with Crippen molar-refractivity contribution < 1.29 is 28.5 Å². The maximum atomic E-state index is 11.1. The van der Waals surface area contributed by atoms with E-state index >= 15 is 0 Å². The molecule has 0 N–H and O–H groups in total. The second kappa shape index (κ2) is 13.6.